The van der Waals surface area contributed by atoms with Gasteiger partial charge in [-0.25, -0.2) is 4.98 Å². The van der Waals surface area contributed by atoms with Gasteiger partial charge in [-0.15, -0.1) is 0 Å². The average Bonchev–Trinajstić information content (AvgIpc) is 2.98. The Morgan fingerprint density at radius 3 is 2.91 bits per heavy atom. The zero-order chi connectivity index (χ0) is 15.6. The minimum atomic E-state index is 0.0154. The van der Waals surface area contributed by atoms with Crippen LogP contribution in [0.1, 0.15) is 31.7 Å². The summed E-state index contributed by atoms with van der Waals surface area (Å²) in [7, 11) is 0. The number of rotatable bonds is 4. The van der Waals surface area contributed by atoms with Crippen LogP contribution in [0.5, 0.6) is 0 Å². The van der Waals surface area contributed by atoms with E-state index in [-0.39, 0.29) is 17.9 Å². The van der Waals surface area contributed by atoms with Gasteiger partial charge in [0.05, 0.1) is 6.42 Å². The fourth-order valence-corrected chi connectivity index (χ4v) is 3.29. The molecule has 0 spiro atoms. The Morgan fingerprint density at radius 1 is 1.45 bits per heavy atom. The Balaban J connectivity index is 1.66. The lowest BCUT2D eigenvalue weighted by atomic mass is 9.77. The molecule has 22 heavy (non-hydrogen) atoms. The monoisotopic (exact) mass is 301 g/mol. The average molecular weight is 301 g/mol. The number of likely N-dealkylation sites (tertiary alicyclic amines) is 1. The molecule has 1 aliphatic rings. The molecule has 5 nitrogen and oxygen atoms in total. The summed E-state index contributed by atoms with van der Waals surface area (Å²) in [6, 6.07) is 3.88. The maximum Gasteiger partial charge on any atom is 0.227 e. The Labute approximate surface area is 130 Å². The molecule has 2 aromatic heterocycles. The number of H-pyrrole nitrogens is 1. The number of aliphatic hydroxyl groups is 1. The van der Waals surface area contributed by atoms with Crippen LogP contribution >= 0.6 is 0 Å². The van der Waals surface area contributed by atoms with E-state index in [1.54, 1.807) is 6.20 Å². The molecular formula is C17H23N3O2. The van der Waals surface area contributed by atoms with Crippen LogP contribution in [0.2, 0.25) is 0 Å². The van der Waals surface area contributed by atoms with Gasteiger partial charge in [-0.2, -0.15) is 0 Å². The number of pyridine rings is 1. The van der Waals surface area contributed by atoms with E-state index in [2.05, 4.69) is 16.9 Å². The topological polar surface area (TPSA) is 69.2 Å². The van der Waals surface area contributed by atoms with E-state index < -0.39 is 0 Å². The molecule has 0 aliphatic carbocycles. The SMILES string of the molecule is CCC1(CO)CCN(C(=O)Cc2c[nH]c3ncccc23)CC1. The quantitative estimate of drug-likeness (QED) is 0.909. The number of piperidine rings is 1. The van der Waals surface area contributed by atoms with Gasteiger partial charge in [0.15, 0.2) is 0 Å². The summed E-state index contributed by atoms with van der Waals surface area (Å²) < 4.78 is 0. The van der Waals surface area contributed by atoms with Crippen LogP contribution in [-0.2, 0) is 11.2 Å². The lowest BCUT2D eigenvalue weighted by Crippen LogP contribution is -2.44. The normalized spacial score (nSPS) is 17.8. The van der Waals surface area contributed by atoms with Crippen LogP contribution in [0.25, 0.3) is 11.0 Å². The number of nitrogens with zero attached hydrogens (tertiary/aromatic N) is 2. The van der Waals surface area contributed by atoms with Crippen LogP contribution in [0.3, 0.4) is 0 Å². The first-order valence-electron chi connectivity index (χ1n) is 7.97. The van der Waals surface area contributed by atoms with Crippen molar-refractivity contribution in [3.8, 4) is 0 Å². The minimum Gasteiger partial charge on any atom is -0.396 e. The molecule has 0 bridgehead atoms. The second-order valence-corrected chi connectivity index (χ2v) is 6.28. The fraction of sp³-hybridized carbons (Fsp3) is 0.529. The van der Waals surface area contributed by atoms with Crippen molar-refractivity contribution in [2.45, 2.75) is 32.6 Å². The van der Waals surface area contributed by atoms with Gasteiger partial charge in [0.1, 0.15) is 5.65 Å². The van der Waals surface area contributed by atoms with E-state index in [4.69, 9.17) is 0 Å². The second kappa shape index (κ2) is 6.08. The molecule has 0 aromatic carbocycles. The minimum absolute atomic E-state index is 0.0154. The van der Waals surface area contributed by atoms with Gasteiger partial charge in [-0.3, -0.25) is 4.79 Å². The third-order valence-corrected chi connectivity index (χ3v) is 5.14. The number of nitrogens with one attached hydrogen (secondary N) is 1. The third-order valence-electron chi connectivity index (χ3n) is 5.14. The Morgan fingerprint density at radius 2 is 2.23 bits per heavy atom. The summed E-state index contributed by atoms with van der Waals surface area (Å²) in [5, 5.41) is 10.6. The summed E-state index contributed by atoms with van der Waals surface area (Å²) in [6.07, 6.45) is 6.78. The summed E-state index contributed by atoms with van der Waals surface area (Å²) >= 11 is 0. The zero-order valence-electron chi connectivity index (χ0n) is 13.0. The molecule has 1 fully saturated rings. The molecule has 118 valence electrons. The standard InChI is InChI=1S/C17H23N3O2/c1-2-17(12-21)5-8-20(9-6-17)15(22)10-13-11-19-16-14(13)4-3-7-18-16/h3-4,7,11,21H,2,5-6,8-10,12H2,1H3,(H,18,19). The van der Waals surface area contributed by atoms with Crippen molar-refractivity contribution in [3.63, 3.8) is 0 Å². The van der Waals surface area contributed by atoms with Crippen LogP contribution in [0.4, 0.5) is 0 Å². The van der Waals surface area contributed by atoms with Crippen LogP contribution in [0, 0.1) is 5.41 Å². The van der Waals surface area contributed by atoms with E-state index in [1.807, 2.05) is 23.2 Å². The van der Waals surface area contributed by atoms with E-state index in [1.165, 1.54) is 0 Å². The number of hydrogen-bond donors (Lipinski definition) is 2. The molecule has 0 saturated carbocycles. The summed E-state index contributed by atoms with van der Waals surface area (Å²) in [6.45, 7) is 3.83. The van der Waals surface area contributed by atoms with Crippen molar-refractivity contribution in [2.75, 3.05) is 19.7 Å². The van der Waals surface area contributed by atoms with Crippen molar-refractivity contribution in [1.82, 2.24) is 14.9 Å². The summed E-state index contributed by atoms with van der Waals surface area (Å²) in [5.74, 6) is 0.160. The molecule has 1 aliphatic heterocycles. The van der Waals surface area contributed by atoms with Crippen molar-refractivity contribution < 1.29 is 9.90 Å². The van der Waals surface area contributed by atoms with Crippen molar-refractivity contribution in [3.05, 3.63) is 30.1 Å². The van der Waals surface area contributed by atoms with Gasteiger partial charge in [-0.05, 0) is 42.4 Å². The molecular weight excluding hydrogens is 278 g/mol. The Bertz CT molecular complexity index is 651. The highest BCUT2D eigenvalue weighted by atomic mass is 16.3. The largest absolute Gasteiger partial charge is 0.396 e. The first-order valence-corrected chi connectivity index (χ1v) is 7.97. The number of aromatic amines is 1. The van der Waals surface area contributed by atoms with Crippen molar-refractivity contribution in [2.24, 2.45) is 5.41 Å². The van der Waals surface area contributed by atoms with Gasteiger partial charge in [0, 0.05) is 37.5 Å². The molecule has 3 rings (SSSR count). The Kier molecular flexibility index (Phi) is 4.16. The number of aliphatic hydroxyl groups excluding tert-OH is 1. The van der Waals surface area contributed by atoms with Gasteiger partial charge in [0.2, 0.25) is 5.91 Å². The summed E-state index contributed by atoms with van der Waals surface area (Å²) in [4.78, 5) is 21.8. The predicted molar refractivity (Wildman–Crippen MR) is 85.4 cm³/mol. The molecule has 3 heterocycles. The summed E-state index contributed by atoms with van der Waals surface area (Å²) in [5.41, 5.74) is 1.85. The number of carbonyl (C=O) groups excluding carboxylic acids is 1. The highest BCUT2D eigenvalue weighted by molar-refractivity contribution is 5.87. The first kappa shape index (κ1) is 15.0. The van der Waals surface area contributed by atoms with E-state index in [0.29, 0.717) is 6.42 Å². The molecule has 0 unspecified atom stereocenters. The molecule has 0 atom stereocenters. The smallest absolute Gasteiger partial charge is 0.227 e. The maximum atomic E-state index is 12.5. The van der Waals surface area contributed by atoms with Gasteiger partial charge < -0.3 is 15.0 Å². The molecule has 2 N–H and O–H groups in total. The fourth-order valence-electron chi connectivity index (χ4n) is 3.29. The number of carbonyl (C=O) groups is 1. The zero-order valence-corrected chi connectivity index (χ0v) is 13.0. The number of aromatic nitrogens is 2. The maximum absolute atomic E-state index is 12.5. The molecule has 2 aromatic rings. The van der Waals surface area contributed by atoms with Crippen molar-refractivity contribution >= 4 is 16.9 Å². The third kappa shape index (κ3) is 2.73. The highest BCUT2D eigenvalue weighted by Gasteiger charge is 2.33. The number of amides is 1. The van der Waals surface area contributed by atoms with E-state index >= 15 is 0 Å². The van der Waals surface area contributed by atoms with E-state index in [9.17, 15) is 9.90 Å². The van der Waals surface area contributed by atoms with Gasteiger partial charge in [0.25, 0.3) is 0 Å². The number of fused-ring (bicyclic) bond motifs is 1. The van der Waals surface area contributed by atoms with E-state index in [0.717, 1.165) is 48.9 Å². The lowest BCUT2D eigenvalue weighted by molar-refractivity contribution is -0.133. The molecule has 1 amide bonds. The lowest BCUT2D eigenvalue weighted by Gasteiger charge is -2.40. The van der Waals surface area contributed by atoms with Crippen LogP contribution in [0.15, 0.2) is 24.5 Å². The van der Waals surface area contributed by atoms with Gasteiger partial charge >= 0.3 is 0 Å². The molecule has 0 radical (unpaired) electrons. The molecule has 5 heteroatoms. The van der Waals surface area contributed by atoms with Gasteiger partial charge in [-0.1, -0.05) is 6.92 Å². The highest BCUT2D eigenvalue weighted by Crippen LogP contribution is 2.34. The van der Waals surface area contributed by atoms with Crippen LogP contribution < -0.4 is 0 Å². The van der Waals surface area contributed by atoms with Crippen LogP contribution in [-0.4, -0.2) is 45.6 Å². The first-order chi connectivity index (χ1) is 10.7. The second-order valence-electron chi connectivity index (χ2n) is 6.28. The molecule has 1 saturated heterocycles. The number of hydrogen-bond acceptors (Lipinski definition) is 3. The Hall–Kier alpha value is -1.88. The van der Waals surface area contributed by atoms with Crippen molar-refractivity contribution in [1.29, 1.82) is 0 Å². The predicted octanol–water partition coefficient (Wildman–Crippen LogP) is 2.12.